The standard InChI is InChI=1S/C22H34O2S/c1-5-7-8-17(6-2)16-24-21(23)12-14-25-19-10-9-18-11-13-22(3,4)20(18)15-19/h9-10,15,17H,5-8,11-14,16H2,1-4H3. The molecule has 0 saturated carbocycles. The van der Waals surface area contributed by atoms with E-state index in [4.69, 9.17) is 4.74 Å². The Morgan fingerprint density at radius 1 is 1.32 bits per heavy atom. The number of hydrogen-bond acceptors (Lipinski definition) is 3. The summed E-state index contributed by atoms with van der Waals surface area (Å²) in [6, 6.07) is 6.80. The van der Waals surface area contributed by atoms with E-state index in [1.165, 1.54) is 48.1 Å². The van der Waals surface area contributed by atoms with Crippen molar-refractivity contribution in [3.63, 3.8) is 0 Å². The van der Waals surface area contributed by atoms with Crippen molar-refractivity contribution in [1.82, 2.24) is 0 Å². The smallest absolute Gasteiger partial charge is 0.306 e. The summed E-state index contributed by atoms with van der Waals surface area (Å²) < 4.78 is 5.48. The van der Waals surface area contributed by atoms with Crippen molar-refractivity contribution in [2.75, 3.05) is 12.4 Å². The summed E-state index contributed by atoms with van der Waals surface area (Å²) in [6.45, 7) is 9.63. The second-order valence-electron chi connectivity index (χ2n) is 7.90. The van der Waals surface area contributed by atoms with Gasteiger partial charge in [0.15, 0.2) is 0 Å². The highest BCUT2D eigenvalue weighted by atomic mass is 32.2. The van der Waals surface area contributed by atoms with Crippen LogP contribution in [-0.4, -0.2) is 18.3 Å². The maximum atomic E-state index is 12.0. The summed E-state index contributed by atoms with van der Waals surface area (Å²) in [4.78, 5) is 13.3. The van der Waals surface area contributed by atoms with Gasteiger partial charge in [-0.25, -0.2) is 0 Å². The summed E-state index contributed by atoms with van der Waals surface area (Å²) >= 11 is 1.77. The van der Waals surface area contributed by atoms with Gasteiger partial charge in [-0.2, -0.15) is 0 Å². The summed E-state index contributed by atoms with van der Waals surface area (Å²) in [5.74, 6) is 1.27. The van der Waals surface area contributed by atoms with E-state index in [1.807, 2.05) is 0 Å². The summed E-state index contributed by atoms with van der Waals surface area (Å²) in [6.07, 6.45) is 7.61. The summed E-state index contributed by atoms with van der Waals surface area (Å²) in [5, 5.41) is 0. The number of carbonyl (C=O) groups excluding carboxylic acids is 1. The van der Waals surface area contributed by atoms with E-state index in [-0.39, 0.29) is 5.97 Å². The highest BCUT2D eigenvalue weighted by Gasteiger charge is 2.29. The molecule has 1 unspecified atom stereocenters. The Morgan fingerprint density at radius 3 is 2.84 bits per heavy atom. The molecule has 0 aliphatic heterocycles. The second kappa shape index (κ2) is 9.66. The van der Waals surface area contributed by atoms with Crippen LogP contribution < -0.4 is 0 Å². The molecule has 0 amide bonds. The van der Waals surface area contributed by atoms with E-state index in [1.54, 1.807) is 11.8 Å². The van der Waals surface area contributed by atoms with Gasteiger partial charge in [0.2, 0.25) is 0 Å². The first-order valence-electron chi connectivity index (χ1n) is 9.88. The van der Waals surface area contributed by atoms with E-state index in [0.29, 0.717) is 24.4 Å². The topological polar surface area (TPSA) is 26.3 Å². The predicted octanol–water partition coefficient (Wildman–Crippen LogP) is 6.15. The maximum absolute atomic E-state index is 12.0. The molecule has 0 bridgehead atoms. The van der Waals surface area contributed by atoms with Crippen molar-refractivity contribution < 1.29 is 9.53 Å². The van der Waals surface area contributed by atoms with Gasteiger partial charge in [-0.05, 0) is 53.9 Å². The number of aryl methyl sites for hydroxylation is 1. The van der Waals surface area contributed by atoms with Gasteiger partial charge in [-0.15, -0.1) is 11.8 Å². The lowest BCUT2D eigenvalue weighted by atomic mass is 9.87. The normalized spacial score (nSPS) is 16.5. The molecule has 2 nitrogen and oxygen atoms in total. The van der Waals surface area contributed by atoms with Crippen molar-refractivity contribution in [2.24, 2.45) is 5.92 Å². The third-order valence-corrected chi connectivity index (χ3v) is 6.42. The van der Waals surface area contributed by atoms with Crippen LogP contribution in [0.4, 0.5) is 0 Å². The Balaban J connectivity index is 1.73. The largest absolute Gasteiger partial charge is 0.465 e. The molecule has 1 atom stereocenters. The lowest BCUT2D eigenvalue weighted by molar-refractivity contribution is -0.144. The minimum atomic E-state index is -0.0519. The number of fused-ring (bicyclic) bond motifs is 1. The first kappa shape index (κ1) is 20.4. The molecule has 0 N–H and O–H groups in total. The lowest BCUT2D eigenvalue weighted by Crippen LogP contribution is -2.14. The average Bonchev–Trinajstić information content (AvgIpc) is 2.90. The molecule has 3 heteroatoms. The van der Waals surface area contributed by atoms with Crippen molar-refractivity contribution in [1.29, 1.82) is 0 Å². The van der Waals surface area contributed by atoms with Crippen LogP contribution in [0.1, 0.15) is 77.3 Å². The van der Waals surface area contributed by atoms with Crippen LogP contribution in [0.3, 0.4) is 0 Å². The highest BCUT2D eigenvalue weighted by Crippen LogP contribution is 2.40. The zero-order valence-corrected chi connectivity index (χ0v) is 17.2. The van der Waals surface area contributed by atoms with Gasteiger partial charge in [0, 0.05) is 10.6 Å². The quantitative estimate of drug-likeness (QED) is 0.369. The Hall–Kier alpha value is -0.960. The molecule has 1 aliphatic carbocycles. The Labute approximate surface area is 158 Å². The number of rotatable bonds is 10. The zero-order chi connectivity index (χ0) is 18.3. The molecule has 25 heavy (non-hydrogen) atoms. The fourth-order valence-electron chi connectivity index (χ4n) is 3.51. The van der Waals surface area contributed by atoms with Crippen LogP contribution in [0.2, 0.25) is 0 Å². The number of ether oxygens (including phenoxy) is 1. The summed E-state index contributed by atoms with van der Waals surface area (Å²) in [5.41, 5.74) is 3.27. The molecular weight excluding hydrogens is 328 g/mol. The molecule has 1 aromatic carbocycles. The van der Waals surface area contributed by atoms with Crippen LogP contribution in [0, 0.1) is 5.92 Å². The lowest BCUT2D eigenvalue weighted by Gasteiger charge is -2.19. The van der Waals surface area contributed by atoms with Crippen molar-refractivity contribution >= 4 is 17.7 Å². The minimum absolute atomic E-state index is 0.0519. The predicted molar refractivity (Wildman–Crippen MR) is 107 cm³/mol. The molecule has 0 fully saturated rings. The van der Waals surface area contributed by atoms with Gasteiger partial charge in [-0.1, -0.05) is 53.0 Å². The fraction of sp³-hybridized carbons (Fsp3) is 0.682. The number of benzene rings is 1. The Kier molecular flexibility index (Phi) is 7.86. The number of carbonyl (C=O) groups is 1. The van der Waals surface area contributed by atoms with Crippen molar-refractivity contribution in [3.8, 4) is 0 Å². The van der Waals surface area contributed by atoms with Crippen LogP contribution >= 0.6 is 11.8 Å². The molecule has 0 heterocycles. The van der Waals surface area contributed by atoms with Crippen LogP contribution in [0.25, 0.3) is 0 Å². The van der Waals surface area contributed by atoms with Gasteiger partial charge in [0.1, 0.15) is 0 Å². The number of unbranched alkanes of at least 4 members (excludes halogenated alkanes) is 1. The van der Waals surface area contributed by atoms with E-state index in [0.717, 1.165) is 12.2 Å². The van der Waals surface area contributed by atoms with Gasteiger partial charge >= 0.3 is 5.97 Å². The van der Waals surface area contributed by atoms with Crippen LogP contribution in [0.15, 0.2) is 23.1 Å². The van der Waals surface area contributed by atoms with Gasteiger partial charge in [0.05, 0.1) is 13.0 Å². The molecule has 0 radical (unpaired) electrons. The van der Waals surface area contributed by atoms with Crippen LogP contribution in [0.5, 0.6) is 0 Å². The third kappa shape index (κ3) is 6.06. The first-order chi connectivity index (χ1) is 12.0. The molecule has 0 spiro atoms. The zero-order valence-electron chi connectivity index (χ0n) is 16.4. The van der Waals surface area contributed by atoms with E-state index in [9.17, 15) is 4.79 Å². The van der Waals surface area contributed by atoms with Crippen molar-refractivity contribution in [3.05, 3.63) is 29.3 Å². The molecule has 0 saturated heterocycles. The molecule has 140 valence electrons. The third-order valence-electron chi connectivity index (χ3n) is 5.43. The molecular formula is C22H34O2S. The molecule has 2 rings (SSSR count). The van der Waals surface area contributed by atoms with Crippen molar-refractivity contribution in [2.45, 2.75) is 83.0 Å². The van der Waals surface area contributed by atoms with Gasteiger partial charge in [0.25, 0.3) is 0 Å². The summed E-state index contributed by atoms with van der Waals surface area (Å²) in [7, 11) is 0. The monoisotopic (exact) mass is 362 g/mol. The van der Waals surface area contributed by atoms with Crippen LogP contribution in [-0.2, 0) is 21.4 Å². The Bertz CT molecular complexity index is 565. The number of thioether (sulfide) groups is 1. The average molecular weight is 363 g/mol. The van der Waals surface area contributed by atoms with E-state index < -0.39 is 0 Å². The fourth-order valence-corrected chi connectivity index (χ4v) is 4.38. The molecule has 1 aromatic rings. The second-order valence-corrected chi connectivity index (χ2v) is 9.07. The minimum Gasteiger partial charge on any atom is -0.465 e. The van der Waals surface area contributed by atoms with E-state index in [2.05, 4.69) is 45.9 Å². The van der Waals surface area contributed by atoms with Gasteiger partial charge in [-0.3, -0.25) is 4.79 Å². The number of hydrogen-bond donors (Lipinski definition) is 0. The number of esters is 1. The molecule has 0 aromatic heterocycles. The SMILES string of the molecule is CCCCC(CC)COC(=O)CCSc1ccc2c(c1)C(C)(C)CC2. The molecule has 1 aliphatic rings. The highest BCUT2D eigenvalue weighted by molar-refractivity contribution is 7.99. The van der Waals surface area contributed by atoms with Gasteiger partial charge < -0.3 is 4.74 Å². The van der Waals surface area contributed by atoms with E-state index >= 15 is 0 Å². The Morgan fingerprint density at radius 2 is 2.12 bits per heavy atom. The maximum Gasteiger partial charge on any atom is 0.306 e. The first-order valence-corrected chi connectivity index (χ1v) is 10.9.